The Bertz CT molecular complexity index is 551. The number of nitro groups is 1. The zero-order chi connectivity index (χ0) is 13.7. The maximum atomic E-state index is 10.5. The van der Waals surface area contributed by atoms with Crippen LogP contribution in [0.1, 0.15) is 11.1 Å². The molecular formula is C13H14N2O3S. The molecule has 2 N–H and O–H groups in total. The summed E-state index contributed by atoms with van der Waals surface area (Å²) in [5.41, 5.74) is 2.07. The predicted octanol–water partition coefficient (Wildman–Crippen LogP) is 2.69. The van der Waals surface area contributed by atoms with Crippen molar-refractivity contribution in [2.45, 2.75) is 13.0 Å². The molecule has 5 nitrogen and oxygen atoms in total. The maximum Gasteiger partial charge on any atom is 0.324 e. The number of aromatic hydroxyl groups is 1. The fourth-order valence-corrected chi connectivity index (χ4v) is 2.41. The lowest BCUT2D eigenvalue weighted by molar-refractivity contribution is -0.380. The molecule has 2 aromatic rings. The Labute approximate surface area is 114 Å². The molecule has 19 heavy (non-hydrogen) atoms. The first kappa shape index (κ1) is 13.5. The molecule has 1 aromatic heterocycles. The van der Waals surface area contributed by atoms with E-state index in [1.165, 1.54) is 0 Å². The molecule has 0 bridgehead atoms. The summed E-state index contributed by atoms with van der Waals surface area (Å²) in [5, 5.41) is 24.9. The van der Waals surface area contributed by atoms with Crippen molar-refractivity contribution in [2.24, 2.45) is 0 Å². The number of benzene rings is 1. The Morgan fingerprint density at radius 1 is 1.26 bits per heavy atom. The molecule has 0 amide bonds. The molecule has 6 heteroatoms. The smallest absolute Gasteiger partial charge is 0.324 e. The van der Waals surface area contributed by atoms with Crippen LogP contribution in [0.2, 0.25) is 0 Å². The van der Waals surface area contributed by atoms with Crippen LogP contribution in [0.15, 0.2) is 35.7 Å². The maximum absolute atomic E-state index is 10.5. The minimum absolute atomic E-state index is 0.176. The van der Waals surface area contributed by atoms with Crippen LogP contribution in [0.5, 0.6) is 5.75 Å². The third-order valence-corrected chi connectivity index (χ3v) is 3.60. The van der Waals surface area contributed by atoms with E-state index < -0.39 is 0 Å². The van der Waals surface area contributed by atoms with Crippen molar-refractivity contribution < 1.29 is 10.0 Å². The van der Waals surface area contributed by atoms with Crippen molar-refractivity contribution in [3.05, 3.63) is 57.0 Å². The van der Waals surface area contributed by atoms with Gasteiger partial charge in [0, 0.05) is 18.0 Å². The van der Waals surface area contributed by atoms with Crippen LogP contribution in [0.4, 0.5) is 5.00 Å². The molecule has 0 saturated carbocycles. The van der Waals surface area contributed by atoms with Gasteiger partial charge in [0.25, 0.3) is 0 Å². The third kappa shape index (κ3) is 4.04. The van der Waals surface area contributed by atoms with Gasteiger partial charge in [-0.15, -0.1) is 0 Å². The molecule has 0 aliphatic carbocycles. The van der Waals surface area contributed by atoms with E-state index in [1.54, 1.807) is 23.6 Å². The minimum Gasteiger partial charge on any atom is -0.508 e. The predicted molar refractivity (Wildman–Crippen MR) is 74.5 cm³/mol. The van der Waals surface area contributed by atoms with Gasteiger partial charge in [-0.05, 0) is 36.2 Å². The highest BCUT2D eigenvalue weighted by Gasteiger charge is 2.08. The summed E-state index contributed by atoms with van der Waals surface area (Å²) in [5.74, 6) is 0.266. The second-order valence-corrected chi connectivity index (χ2v) is 5.03. The zero-order valence-corrected chi connectivity index (χ0v) is 11.0. The summed E-state index contributed by atoms with van der Waals surface area (Å²) in [6.07, 6.45) is 0.854. The average Bonchev–Trinajstić information content (AvgIpc) is 2.86. The molecule has 0 fully saturated rings. The molecule has 0 atom stereocenters. The molecule has 100 valence electrons. The molecule has 0 saturated heterocycles. The van der Waals surface area contributed by atoms with Gasteiger partial charge in [-0.25, -0.2) is 0 Å². The number of phenolic OH excluding ortho intramolecular Hbond substituents is 1. The fourth-order valence-electron chi connectivity index (χ4n) is 1.68. The summed E-state index contributed by atoms with van der Waals surface area (Å²) in [6.45, 7) is 1.41. The van der Waals surface area contributed by atoms with Gasteiger partial charge < -0.3 is 10.4 Å². The summed E-state index contributed by atoms with van der Waals surface area (Å²) in [4.78, 5) is 10.2. The molecular weight excluding hydrogens is 264 g/mol. The molecule has 0 aliphatic heterocycles. The van der Waals surface area contributed by atoms with Crippen LogP contribution in [-0.2, 0) is 13.0 Å². The van der Waals surface area contributed by atoms with Crippen LogP contribution in [-0.4, -0.2) is 16.6 Å². The van der Waals surface area contributed by atoms with E-state index in [0.29, 0.717) is 6.54 Å². The minimum atomic E-state index is -0.370. The number of thiophene rings is 1. The van der Waals surface area contributed by atoms with E-state index in [0.717, 1.165) is 35.4 Å². The van der Waals surface area contributed by atoms with Gasteiger partial charge in [-0.1, -0.05) is 23.5 Å². The van der Waals surface area contributed by atoms with Crippen LogP contribution >= 0.6 is 11.3 Å². The first-order chi connectivity index (χ1) is 9.15. The quantitative estimate of drug-likeness (QED) is 0.484. The Hall–Kier alpha value is -1.92. The molecule has 0 aliphatic rings. The molecule has 2 rings (SSSR count). The lowest BCUT2D eigenvalue weighted by Gasteiger charge is -2.03. The van der Waals surface area contributed by atoms with E-state index in [9.17, 15) is 10.1 Å². The number of nitrogens with one attached hydrogen (secondary N) is 1. The Morgan fingerprint density at radius 2 is 2.00 bits per heavy atom. The second kappa shape index (κ2) is 6.31. The summed E-state index contributed by atoms with van der Waals surface area (Å²) in [6, 6.07) is 8.69. The van der Waals surface area contributed by atoms with Crippen molar-refractivity contribution in [1.29, 1.82) is 0 Å². The number of rotatable bonds is 6. The highest BCUT2D eigenvalue weighted by molar-refractivity contribution is 7.13. The Morgan fingerprint density at radius 3 is 2.63 bits per heavy atom. The molecule has 1 aromatic carbocycles. The first-order valence-corrected chi connectivity index (χ1v) is 6.73. The number of phenols is 1. The van der Waals surface area contributed by atoms with Crippen molar-refractivity contribution in [2.75, 3.05) is 6.54 Å². The average molecular weight is 278 g/mol. The van der Waals surface area contributed by atoms with Gasteiger partial charge in [0.2, 0.25) is 0 Å². The van der Waals surface area contributed by atoms with Gasteiger partial charge in [0.05, 0.1) is 4.92 Å². The largest absolute Gasteiger partial charge is 0.508 e. The van der Waals surface area contributed by atoms with Crippen molar-refractivity contribution in [3.8, 4) is 5.75 Å². The van der Waals surface area contributed by atoms with E-state index in [1.807, 2.05) is 12.1 Å². The second-order valence-electron chi connectivity index (χ2n) is 4.14. The highest BCUT2D eigenvalue weighted by Crippen LogP contribution is 2.22. The third-order valence-electron chi connectivity index (χ3n) is 2.68. The summed E-state index contributed by atoms with van der Waals surface area (Å²) >= 11 is 1.15. The van der Waals surface area contributed by atoms with E-state index in [-0.39, 0.29) is 15.7 Å². The molecule has 0 unspecified atom stereocenters. The highest BCUT2D eigenvalue weighted by atomic mass is 32.1. The normalized spacial score (nSPS) is 10.5. The first-order valence-electron chi connectivity index (χ1n) is 5.85. The van der Waals surface area contributed by atoms with E-state index >= 15 is 0 Å². The van der Waals surface area contributed by atoms with Gasteiger partial charge in [-0.3, -0.25) is 10.1 Å². The van der Waals surface area contributed by atoms with Gasteiger partial charge in [0.15, 0.2) is 0 Å². The number of hydrogen-bond acceptors (Lipinski definition) is 5. The lowest BCUT2D eigenvalue weighted by Crippen LogP contribution is -2.16. The van der Waals surface area contributed by atoms with Crippen molar-refractivity contribution >= 4 is 16.3 Å². The van der Waals surface area contributed by atoms with E-state index in [4.69, 9.17) is 5.11 Å². The van der Waals surface area contributed by atoms with Crippen molar-refractivity contribution in [1.82, 2.24) is 5.32 Å². The zero-order valence-electron chi connectivity index (χ0n) is 10.2. The van der Waals surface area contributed by atoms with Gasteiger partial charge in [-0.2, -0.15) is 0 Å². The van der Waals surface area contributed by atoms with Crippen LogP contribution in [0.3, 0.4) is 0 Å². The molecule has 0 radical (unpaired) electrons. The topological polar surface area (TPSA) is 75.4 Å². The SMILES string of the molecule is O=[N+]([O-])c1cc(CNCCc2ccc(O)cc2)cs1. The van der Waals surface area contributed by atoms with Crippen LogP contribution < -0.4 is 5.32 Å². The fraction of sp³-hybridized carbons (Fsp3) is 0.231. The molecule has 0 spiro atoms. The summed E-state index contributed by atoms with van der Waals surface area (Å²) in [7, 11) is 0. The number of nitrogens with zero attached hydrogens (tertiary/aromatic N) is 1. The van der Waals surface area contributed by atoms with Crippen molar-refractivity contribution in [3.63, 3.8) is 0 Å². The van der Waals surface area contributed by atoms with Crippen LogP contribution in [0, 0.1) is 10.1 Å². The van der Waals surface area contributed by atoms with Crippen LogP contribution in [0.25, 0.3) is 0 Å². The monoisotopic (exact) mass is 278 g/mol. The molecule has 1 heterocycles. The Kier molecular flexibility index (Phi) is 4.48. The lowest BCUT2D eigenvalue weighted by atomic mass is 10.1. The Balaban J connectivity index is 1.74. The van der Waals surface area contributed by atoms with Gasteiger partial charge in [0.1, 0.15) is 5.75 Å². The van der Waals surface area contributed by atoms with E-state index in [2.05, 4.69) is 5.32 Å². The summed E-state index contributed by atoms with van der Waals surface area (Å²) < 4.78 is 0. The number of hydrogen-bond donors (Lipinski definition) is 2. The van der Waals surface area contributed by atoms with Gasteiger partial charge >= 0.3 is 5.00 Å². The standard InChI is InChI=1S/C13H14N2O3S/c16-12-3-1-10(2-4-12)5-6-14-8-11-7-13(15(17)18)19-9-11/h1-4,7,9,14,16H,5-6,8H2.